The first-order valence-electron chi connectivity index (χ1n) is 9.98. The number of carbonyl (C=O) groups excluding carboxylic acids is 1. The van der Waals surface area contributed by atoms with Gasteiger partial charge >= 0.3 is 0 Å². The second kappa shape index (κ2) is 8.94. The maximum atomic E-state index is 12.7. The molecule has 0 unspecified atom stereocenters. The van der Waals surface area contributed by atoms with Crippen LogP contribution in [0.2, 0.25) is 0 Å². The minimum atomic E-state index is 0.269. The van der Waals surface area contributed by atoms with Gasteiger partial charge in [0, 0.05) is 57.1 Å². The normalized spacial score (nSPS) is 14.3. The lowest BCUT2D eigenvalue weighted by Gasteiger charge is -2.36. The summed E-state index contributed by atoms with van der Waals surface area (Å²) < 4.78 is 0. The molecule has 0 spiro atoms. The van der Waals surface area contributed by atoms with E-state index in [-0.39, 0.29) is 5.91 Å². The van der Waals surface area contributed by atoms with E-state index in [4.69, 9.17) is 0 Å². The van der Waals surface area contributed by atoms with Gasteiger partial charge in [-0.05, 0) is 56.2 Å². The summed E-state index contributed by atoms with van der Waals surface area (Å²) in [7, 11) is 0. The van der Waals surface area contributed by atoms with Crippen LogP contribution >= 0.6 is 0 Å². The largest absolute Gasteiger partial charge is 0.371 e. The number of rotatable bonds is 6. The quantitative estimate of drug-likeness (QED) is 0.777. The van der Waals surface area contributed by atoms with Crippen LogP contribution in [0.3, 0.4) is 0 Å². The predicted molar refractivity (Wildman–Crippen MR) is 114 cm³/mol. The van der Waals surface area contributed by atoms with Crippen molar-refractivity contribution in [2.75, 3.05) is 49.1 Å². The number of anilines is 2. The van der Waals surface area contributed by atoms with Gasteiger partial charge in [0.2, 0.25) is 5.91 Å². The molecule has 1 fully saturated rings. The number of amides is 1. The van der Waals surface area contributed by atoms with Crippen LogP contribution in [-0.2, 0) is 4.79 Å². The average Bonchev–Trinajstić information content (AvgIpc) is 2.68. The zero-order valence-electron chi connectivity index (χ0n) is 16.8. The van der Waals surface area contributed by atoms with Crippen molar-refractivity contribution in [3.8, 4) is 0 Å². The molecule has 0 aliphatic carbocycles. The molecule has 0 aromatic heterocycles. The van der Waals surface area contributed by atoms with Crippen molar-refractivity contribution in [2.24, 2.45) is 0 Å². The molecule has 1 amide bonds. The fourth-order valence-electron chi connectivity index (χ4n) is 3.72. The van der Waals surface area contributed by atoms with Crippen molar-refractivity contribution in [2.45, 2.75) is 27.2 Å². The SMILES string of the molecule is CCN(CCC(=O)N1CCN(c2cccc(C)c2)CC1)c1cccc(C)c1. The van der Waals surface area contributed by atoms with Crippen LogP contribution in [-0.4, -0.2) is 50.1 Å². The fourth-order valence-corrected chi connectivity index (χ4v) is 3.72. The Hall–Kier alpha value is -2.49. The van der Waals surface area contributed by atoms with E-state index in [0.717, 1.165) is 39.3 Å². The Kier molecular flexibility index (Phi) is 6.38. The Balaban J connectivity index is 1.50. The van der Waals surface area contributed by atoms with Crippen LogP contribution in [0.1, 0.15) is 24.5 Å². The van der Waals surface area contributed by atoms with Crippen LogP contribution in [0.5, 0.6) is 0 Å². The molecule has 4 nitrogen and oxygen atoms in total. The molecule has 144 valence electrons. The summed E-state index contributed by atoms with van der Waals surface area (Å²) in [6, 6.07) is 17.1. The summed E-state index contributed by atoms with van der Waals surface area (Å²) in [5, 5.41) is 0. The molecule has 27 heavy (non-hydrogen) atoms. The Morgan fingerprint density at radius 2 is 1.63 bits per heavy atom. The number of benzene rings is 2. The summed E-state index contributed by atoms with van der Waals surface area (Å²) in [5.41, 5.74) is 5.00. The zero-order valence-corrected chi connectivity index (χ0v) is 16.8. The Bertz CT molecular complexity index is 766. The highest BCUT2D eigenvalue weighted by Gasteiger charge is 2.21. The molecule has 0 N–H and O–H groups in total. The van der Waals surface area contributed by atoms with Gasteiger partial charge in [-0.15, -0.1) is 0 Å². The van der Waals surface area contributed by atoms with Gasteiger partial charge in [0.25, 0.3) is 0 Å². The lowest BCUT2D eigenvalue weighted by atomic mass is 10.2. The monoisotopic (exact) mass is 365 g/mol. The van der Waals surface area contributed by atoms with Crippen molar-refractivity contribution in [1.29, 1.82) is 0 Å². The predicted octanol–water partition coefficient (Wildman–Crippen LogP) is 3.87. The van der Waals surface area contributed by atoms with Crippen molar-refractivity contribution in [3.05, 3.63) is 59.7 Å². The minimum Gasteiger partial charge on any atom is -0.371 e. The topological polar surface area (TPSA) is 26.8 Å². The molecule has 0 saturated carbocycles. The maximum absolute atomic E-state index is 12.7. The molecule has 3 rings (SSSR count). The number of aryl methyl sites for hydroxylation is 2. The molecule has 4 heteroatoms. The van der Waals surface area contributed by atoms with Gasteiger partial charge in [-0.1, -0.05) is 24.3 Å². The van der Waals surface area contributed by atoms with Crippen LogP contribution in [0, 0.1) is 13.8 Å². The second-order valence-electron chi connectivity index (χ2n) is 7.38. The fraction of sp³-hybridized carbons (Fsp3) is 0.435. The first-order valence-corrected chi connectivity index (χ1v) is 9.98. The molecule has 1 aliphatic heterocycles. The van der Waals surface area contributed by atoms with Crippen LogP contribution in [0.25, 0.3) is 0 Å². The van der Waals surface area contributed by atoms with Gasteiger partial charge in [-0.2, -0.15) is 0 Å². The third kappa shape index (κ3) is 5.03. The smallest absolute Gasteiger partial charge is 0.224 e. The van der Waals surface area contributed by atoms with Crippen LogP contribution in [0.15, 0.2) is 48.5 Å². The highest BCUT2D eigenvalue weighted by Crippen LogP contribution is 2.19. The number of hydrogen-bond donors (Lipinski definition) is 0. The lowest BCUT2D eigenvalue weighted by Crippen LogP contribution is -2.49. The van der Waals surface area contributed by atoms with Gasteiger partial charge in [0.15, 0.2) is 0 Å². The van der Waals surface area contributed by atoms with Gasteiger partial charge in [0.05, 0.1) is 0 Å². The van der Waals surface area contributed by atoms with Crippen molar-refractivity contribution < 1.29 is 4.79 Å². The minimum absolute atomic E-state index is 0.269. The molecule has 1 heterocycles. The lowest BCUT2D eigenvalue weighted by molar-refractivity contribution is -0.131. The van der Waals surface area contributed by atoms with Crippen molar-refractivity contribution in [1.82, 2.24) is 4.90 Å². The molecule has 2 aromatic carbocycles. The number of piperazine rings is 1. The first-order chi connectivity index (χ1) is 13.1. The van der Waals surface area contributed by atoms with Gasteiger partial charge in [0.1, 0.15) is 0 Å². The number of nitrogens with zero attached hydrogens (tertiary/aromatic N) is 3. The van der Waals surface area contributed by atoms with E-state index < -0.39 is 0 Å². The number of hydrogen-bond acceptors (Lipinski definition) is 3. The summed E-state index contributed by atoms with van der Waals surface area (Å²) in [5.74, 6) is 0.269. The molecular formula is C23H31N3O. The van der Waals surface area contributed by atoms with E-state index in [0.29, 0.717) is 6.42 Å². The Morgan fingerprint density at radius 3 is 2.26 bits per heavy atom. The van der Waals surface area contributed by atoms with Gasteiger partial charge < -0.3 is 14.7 Å². The van der Waals surface area contributed by atoms with Gasteiger partial charge in [-0.25, -0.2) is 0 Å². The molecule has 0 radical (unpaired) electrons. The van der Waals surface area contributed by atoms with E-state index in [2.05, 4.69) is 79.1 Å². The maximum Gasteiger partial charge on any atom is 0.224 e. The number of carbonyl (C=O) groups is 1. The standard InChI is InChI=1S/C23H31N3O/c1-4-24(21-9-5-7-19(2)17-21)12-11-23(27)26-15-13-25(14-16-26)22-10-6-8-20(3)18-22/h5-10,17-18H,4,11-16H2,1-3H3. The first kappa shape index (κ1) is 19.3. The highest BCUT2D eigenvalue weighted by atomic mass is 16.2. The van der Waals surface area contributed by atoms with E-state index in [1.54, 1.807) is 0 Å². The molecule has 0 bridgehead atoms. The summed E-state index contributed by atoms with van der Waals surface area (Å²) in [4.78, 5) is 19.4. The third-order valence-electron chi connectivity index (χ3n) is 5.34. The summed E-state index contributed by atoms with van der Waals surface area (Å²) in [6.45, 7) is 11.5. The highest BCUT2D eigenvalue weighted by molar-refractivity contribution is 5.77. The Labute approximate surface area is 163 Å². The van der Waals surface area contributed by atoms with E-state index in [1.165, 1.54) is 22.5 Å². The Morgan fingerprint density at radius 1 is 0.963 bits per heavy atom. The van der Waals surface area contributed by atoms with Crippen molar-refractivity contribution in [3.63, 3.8) is 0 Å². The summed E-state index contributed by atoms with van der Waals surface area (Å²) >= 11 is 0. The molecular weight excluding hydrogens is 334 g/mol. The second-order valence-corrected chi connectivity index (χ2v) is 7.38. The molecule has 1 aliphatic rings. The van der Waals surface area contributed by atoms with Crippen LogP contribution < -0.4 is 9.80 Å². The van der Waals surface area contributed by atoms with E-state index >= 15 is 0 Å². The average molecular weight is 366 g/mol. The van der Waals surface area contributed by atoms with E-state index in [9.17, 15) is 4.79 Å². The summed E-state index contributed by atoms with van der Waals surface area (Å²) in [6.07, 6.45) is 0.576. The molecule has 0 atom stereocenters. The molecule has 1 saturated heterocycles. The van der Waals surface area contributed by atoms with Gasteiger partial charge in [-0.3, -0.25) is 4.79 Å². The molecule has 2 aromatic rings. The third-order valence-corrected chi connectivity index (χ3v) is 5.34. The zero-order chi connectivity index (χ0) is 19.2. The van der Waals surface area contributed by atoms with Crippen molar-refractivity contribution >= 4 is 17.3 Å². The van der Waals surface area contributed by atoms with Crippen LogP contribution in [0.4, 0.5) is 11.4 Å². The van der Waals surface area contributed by atoms with E-state index in [1.807, 2.05) is 4.90 Å².